The van der Waals surface area contributed by atoms with Crippen LogP contribution in [0.1, 0.15) is 11.1 Å². The lowest BCUT2D eigenvalue weighted by atomic mass is 10.0. The van der Waals surface area contributed by atoms with Gasteiger partial charge in [0.1, 0.15) is 5.82 Å². The number of aryl methyl sites for hydroxylation is 2. The van der Waals surface area contributed by atoms with Crippen LogP contribution in [-0.2, 0) is 0 Å². The molecule has 2 aromatic heterocycles. The van der Waals surface area contributed by atoms with E-state index in [1.807, 2.05) is 32.2 Å². The van der Waals surface area contributed by atoms with Crippen molar-refractivity contribution in [2.45, 2.75) is 13.8 Å². The summed E-state index contributed by atoms with van der Waals surface area (Å²) in [4.78, 5) is 8.26. The molecule has 3 heteroatoms. The van der Waals surface area contributed by atoms with Gasteiger partial charge in [-0.2, -0.15) is 0 Å². The first-order valence-electron chi connectivity index (χ1n) is 4.81. The fourth-order valence-electron chi connectivity index (χ4n) is 1.54. The summed E-state index contributed by atoms with van der Waals surface area (Å²) in [5.74, 6) is 0.552. The highest BCUT2D eigenvalue weighted by Gasteiger charge is 2.06. The van der Waals surface area contributed by atoms with E-state index in [1.165, 1.54) is 0 Å². The van der Waals surface area contributed by atoms with E-state index < -0.39 is 0 Å². The van der Waals surface area contributed by atoms with Gasteiger partial charge in [-0.25, -0.2) is 4.98 Å². The van der Waals surface area contributed by atoms with Crippen LogP contribution in [-0.4, -0.2) is 9.97 Å². The second-order valence-corrected chi connectivity index (χ2v) is 3.64. The van der Waals surface area contributed by atoms with Crippen molar-refractivity contribution >= 4 is 5.82 Å². The molecule has 2 N–H and O–H groups in total. The number of nitrogen functional groups attached to an aromatic ring is 1. The van der Waals surface area contributed by atoms with Gasteiger partial charge < -0.3 is 5.73 Å². The molecule has 0 fully saturated rings. The fraction of sp³-hybridized carbons (Fsp3) is 0.167. The highest BCUT2D eigenvalue weighted by atomic mass is 14.8. The van der Waals surface area contributed by atoms with Gasteiger partial charge in [0.15, 0.2) is 0 Å². The number of hydrogen-bond acceptors (Lipinski definition) is 3. The number of aromatic nitrogens is 2. The Bertz CT molecular complexity index is 492. The number of nitrogens with two attached hydrogens (primary N) is 1. The Labute approximate surface area is 89.0 Å². The molecule has 0 saturated heterocycles. The molecule has 0 spiro atoms. The highest BCUT2D eigenvalue weighted by molar-refractivity contribution is 5.75. The summed E-state index contributed by atoms with van der Waals surface area (Å²) in [7, 11) is 0. The summed E-state index contributed by atoms with van der Waals surface area (Å²) in [5.41, 5.74) is 10.1. The van der Waals surface area contributed by atoms with Crippen molar-refractivity contribution in [1.82, 2.24) is 9.97 Å². The molecule has 2 heterocycles. The van der Waals surface area contributed by atoms with Crippen molar-refractivity contribution in [3.05, 3.63) is 41.9 Å². The molecule has 0 amide bonds. The summed E-state index contributed by atoms with van der Waals surface area (Å²) >= 11 is 0. The average molecular weight is 199 g/mol. The Hall–Kier alpha value is -1.90. The van der Waals surface area contributed by atoms with E-state index in [0.29, 0.717) is 5.82 Å². The lowest BCUT2D eigenvalue weighted by Crippen LogP contribution is -1.96. The van der Waals surface area contributed by atoms with Gasteiger partial charge in [-0.3, -0.25) is 4.98 Å². The zero-order valence-corrected chi connectivity index (χ0v) is 8.86. The largest absolute Gasteiger partial charge is 0.383 e. The topological polar surface area (TPSA) is 51.8 Å². The molecule has 0 radical (unpaired) electrons. The Morgan fingerprint density at radius 3 is 2.67 bits per heavy atom. The number of pyridine rings is 2. The van der Waals surface area contributed by atoms with E-state index in [-0.39, 0.29) is 0 Å². The Balaban J connectivity index is 2.64. The van der Waals surface area contributed by atoms with Crippen molar-refractivity contribution in [3.63, 3.8) is 0 Å². The van der Waals surface area contributed by atoms with Crippen LogP contribution in [0.4, 0.5) is 5.82 Å². The van der Waals surface area contributed by atoms with Crippen LogP contribution in [0.2, 0.25) is 0 Å². The van der Waals surface area contributed by atoms with E-state index in [4.69, 9.17) is 5.73 Å². The van der Waals surface area contributed by atoms with Gasteiger partial charge in [0.25, 0.3) is 0 Å². The number of anilines is 1. The molecule has 0 aliphatic heterocycles. The first-order chi connectivity index (χ1) is 7.18. The van der Waals surface area contributed by atoms with Gasteiger partial charge in [0.05, 0.1) is 0 Å². The SMILES string of the molecule is Cc1cnc(N)c(-c2cnccc2C)c1. The summed E-state index contributed by atoms with van der Waals surface area (Å²) in [6.45, 7) is 4.04. The van der Waals surface area contributed by atoms with Gasteiger partial charge in [-0.1, -0.05) is 0 Å². The smallest absolute Gasteiger partial charge is 0.131 e. The Morgan fingerprint density at radius 2 is 1.93 bits per heavy atom. The predicted molar refractivity (Wildman–Crippen MR) is 61.4 cm³/mol. The average Bonchev–Trinajstić information content (AvgIpc) is 2.23. The van der Waals surface area contributed by atoms with Crippen LogP contribution in [0.3, 0.4) is 0 Å². The maximum atomic E-state index is 5.85. The molecule has 76 valence electrons. The molecule has 0 bridgehead atoms. The molecule has 0 aromatic carbocycles. The summed E-state index contributed by atoms with van der Waals surface area (Å²) in [6.07, 6.45) is 5.37. The van der Waals surface area contributed by atoms with Gasteiger partial charge in [-0.15, -0.1) is 0 Å². The maximum Gasteiger partial charge on any atom is 0.131 e. The molecule has 0 aliphatic rings. The van der Waals surface area contributed by atoms with Crippen molar-refractivity contribution in [2.24, 2.45) is 0 Å². The summed E-state index contributed by atoms with van der Waals surface area (Å²) in [5, 5.41) is 0. The van der Waals surface area contributed by atoms with E-state index in [1.54, 1.807) is 12.4 Å². The third-order valence-electron chi connectivity index (χ3n) is 2.38. The van der Waals surface area contributed by atoms with E-state index in [2.05, 4.69) is 9.97 Å². The van der Waals surface area contributed by atoms with Crippen molar-refractivity contribution in [2.75, 3.05) is 5.73 Å². The van der Waals surface area contributed by atoms with Gasteiger partial charge in [0, 0.05) is 29.7 Å². The molecule has 15 heavy (non-hydrogen) atoms. The lowest BCUT2D eigenvalue weighted by molar-refractivity contribution is 1.25. The summed E-state index contributed by atoms with van der Waals surface area (Å²) in [6, 6.07) is 4.00. The van der Waals surface area contributed by atoms with Gasteiger partial charge in [0.2, 0.25) is 0 Å². The minimum atomic E-state index is 0.552. The predicted octanol–water partition coefficient (Wildman–Crippen LogP) is 2.34. The molecule has 0 atom stereocenters. The standard InChI is InChI=1S/C12H13N3/c1-8-5-10(12(13)15-6-8)11-7-14-4-3-9(11)2/h3-7H,1-2H3,(H2,13,15). The quantitative estimate of drug-likeness (QED) is 0.767. The highest BCUT2D eigenvalue weighted by Crippen LogP contribution is 2.26. The normalized spacial score (nSPS) is 10.3. The van der Waals surface area contributed by atoms with Crippen LogP contribution in [0, 0.1) is 13.8 Å². The van der Waals surface area contributed by atoms with Gasteiger partial charge in [-0.05, 0) is 37.1 Å². The third-order valence-corrected chi connectivity index (χ3v) is 2.38. The van der Waals surface area contributed by atoms with Crippen LogP contribution >= 0.6 is 0 Å². The first kappa shape index (κ1) is 9.65. The molecular formula is C12H13N3. The minimum absolute atomic E-state index is 0.552. The zero-order chi connectivity index (χ0) is 10.8. The monoisotopic (exact) mass is 199 g/mol. The lowest BCUT2D eigenvalue weighted by Gasteiger charge is -2.08. The minimum Gasteiger partial charge on any atom is -0.383 e. The molecule has 0 aliphatic carbocycles. The van der Waals surface area contributed by atoms with E-state index >= 15 is 0 Å². The molecule has 3 nitrogen and oxygen atoms in total. The third kappa shape index (κ3) is 1.81. The van der Waals surface area contributed by atoms with Crippen molar-refractivity contribution in [3.8, 4) is 11.1 Å². The second-order valence-electron chi connectivity index (χ2n) is 3.64. The molecule has 0 saturated carbocycles. The van der Waals surface area contributed by atoms with Gasteiger partial charge >= 0.3 is 0 Å². The van der Waals surface area contributed by atoms with E-state index in [9.17, 15) is 0 Å². The maximum absolute atomic E-state index is 5.85. The first-order valence-corrected chi connectivity index (χ1v) is 4.81. The molecule has 2 aromatic rings. The summed E-state index contributed by atoms with van der Waals surface area (Å²) < 4.78 is 0. The number of hydrogen-bond donors (Lipinski definition) is 1. The zero-order valence-electron chi connectivity index (χ0n) is 8.86. The van der Waals surface area contributed by atoms with Crippen LogP contribution in [0.5, 0.6) is 0 Å². The van der Waals surface area contributed by atoms with Crippen LogP contribution < -0.4 is 5.73 Å². The van der Waals surface area contributed by atoms with Crippen LogP contribution in [0.15, 0.2) is 30.7 Å². The Kier molecular flexibility index (Phi) is 2.37. The molecular weight excluding hydrogens is 186 g/mol. The Morgan fingerprint density at radius 1 is 1.13 bits per heavy atom. The second kappa shape index (κ2) is 3.69. The molecule has 2 rings (SSSR count). The number of nitrogens with zero attached hydrogens (tertiary/aromatic N) is 2. The molecule has 0 unspecified atom stereocenters. The fourth-order valence-corrected chi connectivity index (χ4v) is 1.54. The van der Waals surface area contributed by atoms with Crippen LogP contribution in [0.25, 0.3) is 11.1 Å². The van der Waals surface area contributed by atoms with Crippen molar-refractivity contribution in [1.29, 1.82) is 0 Å². The van der Waals surface area contributed by atoms with E-state index in [0.717, 1.165) is 22.3 Å². The number of rotatable bonds is 1. The van der Waals surface area contributed by atoms with Crippen molar-refractivity contribution < 1.29 is 0 Å².